The van der Waals surface area contributed by atoms with Crippen molar-refractivity contribution in [3.63, 3.8) is 0 Å². The quantitative estimate of drug-likeness (QED) is 0.681. The largest absolute Gasteiger partial charge is 0.384 e. The molecule has 0 saturated carbocycles. The topological polar surface area (TPSA) is 87.2 Å². The van der Waals surface area contributed by atoms with Crippen molar-refractivity contribution in [3.8, 4) is 11.1 Å². The molecule has 8 heteroatoms. The van der Waals surface area contributed by atoms with Crippen LogP contribution in [0.4, 0.5) is 0 Å². The molecule has 0 aliphatic rings. The molecule has 2 N–H and O–H groups in total. The standard InChI is InChI=1S/C19H20ClN3O3S/c1-10(17(21)24)23-14(8-9-26-3)22-18-16(19(23)25)15(11(2)27-18)12-4-6-13(20)7-5-12/h4-7,10H,8-9H2,1-3H3,(H2,21,24). The molecule has 3 rings (SSSR count). The van der Waals surface area contributed by atoms with E-state index in [1.54, 1.807) is 26.2 Å². The number of nitrogens with zero attached hydrogens (tertiary/aromatic N) is 2. The number of rotatable bonds is 6. The van der Waals surface area contributed by atoms with Gasteiger partial charge in [-0.1, -0.05) is 23.7 Å². The molecule has 0 aliphatic heterocycles. The Labute approximate surface area is 165 Å². The first-order chi connectivity index (χ1) is 12.8. The van der Waals surface area contributed by atoms with Crippen LogP contribution in [0.1, 0.15) is 23.7 Å². The SMILES string of the molecule is COCCc1nc2sc(C)c(-c3ccc(Cl)cc3)c2c(=O)n1C(C)C(N)=O. The summed E-state index contributed by atoms with van der Waals surface area (Å²) in [6.07, 6.45) is 0.409. The zero-order valence-electron chi connectivity index (χ0n) is 15.3. The predicted octanol–water partition coefficient (Wildman–Crippen LogP) is 3.32. The second kappa shape index (κ2) is 7.80. The highest BCUT2D eigenvalue weighted by molar-refractivity contribution is 7.19. The summed E-state index contributed by atoms with van der Waals surface area (Å²) in [5.41, 5.74) is 6.90. The molecular weight excluding hydrogens is 386 g/mol. The Morgan fingerprint density at radius 2 is 2.04 bits per heavy atom. The van der Waals surface area contributed by atoms with E-state index < -0.39 is 11.9 Å². The fraction of sp³-hybridized carbons (Fsp3) is 0.316. The van der Waals surface area contributed by atoms with Crippen molar-refractivity contribution in [2.75, 3.05) is 13.7 Å². The van der Waals surface area contributed by atoms with Crippen LogP contribution in [0.15, 0.2) is 29.1 Å². The Hall–Kier alpha value is -2.22. The average molecular weight is 406 g/mol. The van der Waals surface area contributed by atoms with Gasteiger partial charge in [-0.2, -0.15) is 0 Å². The number of primary amides is 1. The van der Waals surface area contributed by atoms with E-state index in [1.807, 2.05) is 19.1 Å². The zero-order chi connectivity index (χ0) is 19.7. The number of amides is 1. The molecule has 6 nitrogen and oxygen atoms in total. The van der Waals surface area contributed by atoms with Crippen LogP contribution < -0.4 is 11.3 Å². The summed E-state index contributed by atoms with van der Waals surface area (Å²) in [6, 6.07) is 6.50. The van der Waals surface area contributed by atoms with E-state index in [2.05, 4.69) is 4.98 Å². The van der Waals surface area contributed by atoms with Crippen LogP contribution in [0.5, 0.6) is 0 Å². The number of halogens is 1. The van der Waals surface area contributed by atoms with E-state index in [0.29, 0.717) is 34.1 Å². The number of nitrogens with two attached hydrogens (primary N) is 1. The predicted molar refractivity (Wildman–Crippen MR) is 109 cm³/mol. The van der Waals surface area contributed by atoms with E-state index in [9.17, 15) is 9.59 Å². The van der Waals surface area contributed by atoms with Gasteiger partial charge in [0.2, 0.25) is 5.91 Å². The molecule has 0 bridgehead atoms. The van der Waals surface area contributed by atoms with Gasteiger partial charge in [-0.05, 0) is 31.5 Å². The van der Waals surface area contributed by atoms with E-state index in [4.69, 9.17) is 22.1 Å². The van der Waals surface area contributed by atoms with Crippen molar-refractivity contribution in [2.45, 2.75) is 26.3 Å². The van der Waals surface area contributed by atoms with Gasteiger partial charge in [0.15, 0.2) is 0 Å². The number of hydrogen-bond donors (Lipinski definition) is 1. The van der Waals surface area contributed by atoms with Gasteiger partial charge in [0, 0.05) is 29.0 Å². The minimum atomic E-state index is -0.806. The number of benzene rings is 1. The van der Waals surface area contributed by atoms with Crippen molar-refractivity contribution in [1.82, 2.24) is 9.55 Å². The Bertz CT molecular complexity index is 1060. The van der Waals surface area contributed by atoms with Gasteiger partial charge in [0.1, 0.15) is 16.7 Å². The third-order valence-corrected chi connectivity index (χ3v) is 5.72. The monoisotopic (exact) mass is 405 g/mol. The molecule has 1 unspecified atom stereocenters. The molecule has 2 heterocycles. The average Bonchev–Trinajstić information content (AvgIpc) is 2.96. The van der Waals surface area contributed by atoms with Crippen LogP contribution >= 0.6 is 22.9 Å². The lowest BCUT2D eigenvalue weighted by Crippen LogP contribution is -2.35. The number of hydrogen-bond acceptors (Lipinski definition) is 5. The molecular formula is C19H20ClN3O3S. The number of carbonyl (C=O) groups is 1. The highest BCUT2D eigenvalue weighted by atomic mass is 35.5. The van der Waals surface area contributed by atoms with Gasteiger partial charge >= 0.3 is 0 Å². The van der Waals surface area contributed by atoms with Gasteiger partial charge in [-0.15, -0.1) is 11.3 Å². The van der Waals surface area contributed by atoms with Crippen molar-refractivity contribution in [1.29, 1.82) is 0 Å². The molecule has 27 heavy (non-hydrogen) atoms. The van der Waals surface area contributed by atoms with Gasteiger partial charge in [-0.25, -0.2) is 4.98 Å². The molecule has 1 amide bonds. The molecule has 3 aromatic rings. The highest BCUT2D eigenvalue weighted by Gasteiger charge is 2.24. The molecule has 0 spiro atoms. The number of methoxy groups -OCH3 is 1. The number of aryl methyl sites for hydroxylation is 1. The van der Waals surface area contributed by atoms with E-state index in [1.165, 1.54) is 15.9 Å². The number of ether oxygens (including phenoxy) is 1. The van der Waals surface area contributed by atoms with Gasteiger partial charge < -0.3 is 10.5 Å². The fourth-order valence-electron chi connectivity index (χ4n) is 3.08. The second-order valence-electron chi connectivity index (χ2n) is 6.24. The van der Waals surface area contributed by atoms with Gasteiger partial charge in [0.05, 0.1) is 12.0 Å². The van der Waals surface area contributed by atoms with E-state index in [-0.39, 0.29) is 5.56 Å². The fourth-order valence-corrected chi connectivity index (χ4v) is 4.26. The zero-order valence-corrected chi connectivity index (χ0v) is 16.9. The molecule has 2 aromatic heterocycles. The number of carbonyl (C=O) groups excluding carboxylic acids is 1. The van der Waals surface area contributed by atoms with E-state index >= 15 is 0 Å². The third-order valence-electron chi connectivity index (χ3n) is 4.47. The summed E-state index contributed by atoms with van der Waals surface area (Å²) < 4.78 is 6.51. The smallest absolute Gasteiger partial charge is 0.263 e. The van der Waals surface area contributed by atoms with E-state index in [0.717, 1.165) is 16.0 Å². The maximum atomic E-state index is 13.4. The van der Waals surface area contributed by atoms with Crippen LogP contribution in [-0.4, -0.2) is 29.2 Å². The maximum absolute atomic E-state index is 13.4. The van der Waals surface area contributed by atoms with Crippen LogP contribution in [0.3, 0.4) is 0 Å². The van der Waals surface area contributed by atoms with Crippen molar-refractivity contribution in [3.05, 3.63) is 50.3 Å². The van der Waals surface area contributed by atoms with Gasteiger partial charge in [-0.3, -0.25) is 14.2 Å². The van der Waals surface area contributed by atoms with Gasteiger partial charge in [0.25, 0.3) is 5.56 Å². The summed E-state index contributed by atoms with van der Waals surface area (Å²) in [7, 11) is 1.58. The molecule has 0 radical (unpaired) electrons. The molecule has 0 aliphatic carbocycles. The Morgan fingerprint density at radius 3 is 2.63 bits per heavy atom. The lowest BCUT2D eigenvalue weighted by atomic mass is 10.0. The minimum absolute atomic E-state index is 0.272. The van der Waals surface area contributed by atoms with Crippen LogP contribution in [0.25, 0.3) is 21.3 Å². The Balaban J connectivity index is 2.33. The Kier molecular flexibility index (Phi) is 5.64. The second-order valence-corrected chi connectivity index (χ2v) is 7.88. The number of thiophene rings is 1. The highest BCUT2D eigenvalue weighted by Crippen LogP contribution is 2.36. The third kappa shape index (κ3) is 3.63. The van der Waals surface area contributed by atoms with Crippen LogP contribution in [0, 0.1) is 6.92 Å². The first kappa shape index (κ1) is 19.5. The lowest BCUT2D eigenvalue weighted by Gasteiger charge is -2.17. The summed E-state index contributed by atoms with van der Waals surface area (Å²) >= 11 is 7.45. The van der Waals surface area contributed by atoms with Crippen molar-refractivity contribution >= 4 is 39.1 Å². The summed E-state index contributed by atoms with van der Waals surface area (Å²) in [6.45, 7) is 3.94. The molecule has 142 valence electrons. The van der Waals surface area contributed by atoms with Crippen LogP contribution in [0.2, 0.25) is 5.02 Å². The van der Waals surface area contributed by atoms with Crippen molar-refractivity contribution in [2.24, 2.45) is 5.73 Å². The molecule has 1 atom stereocenters. The lowest BCUT2D eigenvalue weighted by molar-refractivity contribution is -0.120. The summed E-state index contributed by atoms with van der Waals surface area (Å²) in [4.78, 5) is 31.5. The Morgan fingerprint density at radius 1 is 1.37 bits per heavy atom. The van der Waals surface area contributed by atoms with Crippen molar-refractivity contribution < 1.29 is 9.53 Å². The summed E-state index contributed by atoms with van der Waals surface area (Å²) in [5.74, 6) is -0.0959. The number of fused-ring (bicyclic) bond motifs is 1. The minimum Gasteiger partial charge on any atom is -0.384 e. The summed E-state index contributed by atoms with van der Waals surface area (Å²) in [5, 5.41) is 1.12. The maximum Gasteiger partial charge on any atom is 0.263 e. The number of aromatic nitrogens is 2. The first-order valence-corrected chi connectivity index (χ1v) is 9.63. The molecule has 0 saturated heterocycles. The normalized spacial score (nSPS) is 12.4. The first-order valence-electron chi connectivity index (χ1n) is 8.43. The molecule has 1 aromatic carbocycles. The van der Waals surface area contributed by atoms with Crippen LogP contribution in [-0.2, 0) is 16.0 Å². The molecule has 0 fully saturated rings.